The number of carbonyl (C=O) groups is 1. The van der Waals surface area contributed by atoms with Crippen LogP contribution in [0.3, 0.4) is 0 Å². The topological polar surface area (TPSA) is 92.5 Å². The first kappa shape index (κ1) is 18.9. The van der Waals surface area contributed by atoms with Gasteiger partial charge in [0, 0.05) is 19.6 Å². The van der Waals surface area contributed by atoms with E-state index in [1.807, 2.05) is 0 Å². The van der Waals surface area contributed by atoms with E-state index < -0.39 is 10.0 Å². The summed E-state index contributed by atoms with van der Waals surface area (Å²) < 4.78 is 32.1. The molecule has 136 valence electrons. The van der Waals surface area contributed by atoms with Crippen LogP contribution in [0.15, 0.2) is 9.42 Å². The zero-order valence-corrected chi connectivity index (χ0v) is 15.6. The average molecular weight is 357 g/mol. The van der Waals surface area contributed by atoms with Crippen molar-refractivity contribution in [1.82, 2.24) is 14.8 Å². The number of aryl methyl sites for hydroxylation is 2. The fourth-order valence-corrected chi connectivity index (χ4v) is 4.79. The molecule has 1 unspecified atom stereocenters. The number of hydrogen-bond acceptors (Lipinski definition) is 5. The van der Waals surface area contributed by atoms with Gasteiger partial charge in [-0.2, -0.15) is 4.31 Å². The van der Waals surface area contributed by atoms with Crippen LogP contribution in [-0.2, 0) is 14.8 Å². The van der Waals surface area contributed by atoms with E-state index in [2.05, 4.69) is 24.3 Å². The molecule has 1 fully saturated rings. The monoisotopic (exact) mass is 357 g/mol. The van der Waals surface area contributed by atoms with E-state index in [0.717, 1.165) is 6.42 Å². The molecule has 0 saturated carbocycles. The van der Waals surface area contributed by atoms with E-state index in [1.54, 1.807) is 13.8 Å². The molecule has 0 radical (unpaired) electrons. The lowest BCUT2D eigenvalue weighted by molar-refractivity contribution is -0.126. The first-order valence-corrected chi connectivity index (χ1v) is 9.88. The standard InChI is InChI=1S/C16H27N3O4S/c1-11(2)7-8-17-16(20)14-6-5-9-19(10-14)24(21,22)15-12(3)18-23-13(15)4/h11,14H,5-10H2,1-4H3,(H,17,20). The minimum absolute atomic E-state index is 0.0608. The Morgan fingerprint density at radius 2 is 2.12 bits per heavy atom. The third kappa shape index (κ3) is 4.16. The van der Waals surface area contributed by atoms with Crippen molar-refractivity contribution >= 4 is 15.9 Å². The number of rotatable bonds is 6. The second-order valence-corrected chi connectivity index (χ2v) is 8.70. The third-order valence-electron chi connectivity index (χ3n) is 4.34. The minimum Gasteiger partial charge on any atom is -0.360 e. The number of nitrogens with zero attached hydrogens (tertiary/aromatic N) is 2. The second kappa shape index (κ2) is 7.65. The van der Waals surface area contributed by atoms with Gasteiger partial charge in [-0.3, -0.25) is 4.79 Å². The molecule has 7 nitrogen and oxygen atoms in total. The number of piperidine rings is 1. The zero-order valence-electron chi connectivity index (χ0n) is 14.8. The maximum atomic E-state index is 12.9. The van der Waals surface area contributed by atoms with Crippen LogP contribution in [0.4, 0.5) is 0 Å². The maximum absolute atomic E-state index is 12.9. The van der Waals surface area contributed by atoms with Crippen molar-refractivity contribution in [3.8, 4) is 0 Å². The van der Waals surface area contributed by atoms with Crippen LogP contribution in [0.5, 0.6) is 0 Å². The van der Waals surface area contributed by atoms with E-state index >= 15 is 0 Å². The van der Waals surface area contributed by atoms with Gasteiger partial charge in [-0.15, -0.1) is 0 Å². The van der Waals surface area contributed by atoms with E-state index in [1.165, 1.54) is 4.31 Å². The number of sulfonamides is 1. The predicted molar refractivity (Wildman–Crippen MR) is 89.9 cm³/mol. The largest absolute Gasteiger partial charge is 0.360 e. The van der Waals surface area contributed by atoms with Crippen LogP contribution in [0, 0.1) is 25.7 Å². The Kier molecular flexibility index (Phi) is 6.03. The summed E-state index contributed by atoms with van der Waals surface area (Å²) in [6, 6.07) is 0. The molecule has 24 heavy (non-hydrogen) atoms. The van der Waals surface area contributed by atoms with Crippen molar-refractivity contribution in [2.75, 3.05) is 19.6 Å². The van der Waals surface area contributed by atoms with Gasteiger partial charge in [0.1, 0.15) is 10.6 Å². The van der Waals surface area contributed by atoms with Crippen molar-refractivity contribution in [3.63, 3.8) is 0 Å². The molecule has 8 heteroatoms. The lowest BCUT2D eigenvalue weighted by Crippen LogP contribution is -2.45. The van der Waals surface area contributed by atoms with Gasteiger partial charge in [-0.05, 0) is 39.0 Å². The highest BCUT2D eigenvalue weighted by Gasteiger charge is 2.36. The molecule has 1 atom stereocenters. The molecule has 0 aliphatic carbocycles. The Balaban J connectivity index is 2.06. The van der Waals surface area contributed by atoms with Crippen LogP contribution >= 0.6 is 0 Å². The van der Waals surface area contributed by atoms with Gasteiger partial charge >= 0.3 is 0 Å². The molecule has 1 amide bonds. The normalized spacial score (nSPS) is 19.6. The van der Waals surface area contributed by atoms with E-state index in [4.69, 9.17) is 4.52 Å². The highest BCUT2D eigenvalue weighted by atomic mass is 32.2. The minimum atomic E-state index is -3.68. The molecule has 0 aromatic carbocycles. The lowest BCUT2D eigenvalue weighted by atomic mass is 9.98. The Labute approximate surface area is 143 Å². The smallest absolute Gasteiger partial charge is 0.248 e. The molecule has 2 heterocycles. The summed E-state index contributed by atoms with van der Waals surface area (Å²) in [6.07, 6.45) is 2.30. The summed E-state index contributed by atoms with van der Waals surface area (Å²) in [5, 5.41) is 6.65. The van der Waals surface area contributed by atoms with Gasteiger partial charge in [0.25, 0.3) is 0 Å². The van der Waals surface area contributed by atoms with Gasteiger partial charge in [-0.25, -0.2) is 8.42 Å². The summed E-state index contributed by atoms with van der Waals surface area (Å²) in [5.74, 6) is 0.444. The molecule has 0 spiro atoms. The number of hydrogen-bond donors (Lipinski definition) is 1. The fourth-order valence-electron chi connectivity index (χ4n) is 2.98. The third-order valence-corrected chi connectivity index (χ3v) is 6.45. The predicted octanol–water partition coefficient (Wildman–Crippen LogP) is 1.85. The van der Waals surface area contributed by atoms with Gasteiger partial charge < -0.3 is 9.84 Å². The quantitative estimate of drug-likeness (QED) is 0.839. The highest BCUT2D eigenvalue weighted by Crippen LogP contribution is 2.27. The number of nitrogens with one attached hydrogen (secondary N) is 1. The SMILES string of the molecule is Cc1noc(C)c1S(=O)(=O)N1CCCC(C(=O)NCCC(C)C)C1. The van der Waals surface area contributed by atoms with Crippen LogP contribution in [-0.4, -0.2) is 43.4 Å². The van der Waals surface area contributed by atoms with Crippen LogP contribution in [0.2, 0.25) is 0 Å². The van der Waals surface area contributed by atoms with E-state index in [0.29, 0.717) is 37.5 Å². The first-order chi connectivity index (χ1) is 11.2. The molecule has 1 saturated heterocycles. The summed E-state index contributed by atoms with van der Waals surface area (Å²) in [6.45, 7) is 8.66. The van der Waals surface area contributed by atoms with Gasteiger partial charge in [0.05, 0.1) is 5.92 Å². The van der Waals surface area contributed by atoms with Crippen molar-refractivity contribution < 1.29 is 17.7 Å². The van der Waals surface area contributed by atoms with Gasteiger partial charge in [0.2, 0.25) is 15.9 Å². The lowest BCUT2D eigenvalue weighted by Gasteiger charge is -2.31. The van der Waals surface area contributed by atoms with Crippen LogP contribution < -0.4 is 5.32 Å². The van der Waals surface area contributed by atoms with E-state index in [9.17, 15) is 13.2 Å². The summed E-state index contributed by atoms with van der Waals surface area (Å²) in [7, 11) is -3.68. The molecule has 1 aromatic rings. The first-order valence-electron chi connectivity index (χ1n) is 8.44. The Morgan fingerprint density at radius 1 is 1.42 bits per heavy atom. The summed E-state index contributed by atoms with van der Waals surface area (Å²) in [4.78, 5) is 12.4. The van der Waals surface area contributed by atoms with Gasteiger partial charge in [0.15, 0.2) is 5.76 Å². The molecule has 1 aliphatic rings. The molecule has 0 bridgehead atoms. The number of amides is 1. The molecule has 1 aliphatic heterocycles. The van der Waals surface area contributed by atoms with Crippen LogP contribution in [0.1, 0.15) is 44.6 Å². The Hall–Kier alpha value is -1.41. The van der Waals surface area contributed by atoms with E-state index in [-0.39, 0.29) is 29.0 Å². The number of carbonyl (C=O) groups excluding carboxylic acids is 1. The van der Waals surface area contributed by atoms with Crippen molar-refractivity contribution in [2.24, 2.45) is 11.8 Å². The Bertz CT molecular complexity index is 662. The maximum Gasteiger partial charge on any atom is 0.248 e. The summed E-state index contributed by atoms with van der Waals surface area (Å²) >= 11 is 0. The second-order valence-electron chi connectivity index (χ2n) is 6.83. The molecule has 1 aromatic heterocycles. The number of aromatic nitrogens is 1. The van der Waals surface area contributed by atoms with Crippen molar-refractivity contribution in [3.05, 3.63) is 11.5 Å². The summed E-state index contributed by atoms with van der Waals surface area (Å²) in [5.41, 5.74) is 0.357. The van der Waals surface area contributed by atoms with Crippen molar-refractivity contribution in [1.29, 1.82) is 0 Å². The molecule has 1 N–H and O–H groups in total. The highest BCUT2D eigenvalue weighted by molar-refractivity contribution is 7.89. The molecular weight excluding hydrogens is 330 g/mol. The fraction of sp³-hybridized carbons (Fsp3) is 0.750. The Morgan fingerprint density at radius 3 is 2.71 bits per heavy atom. The molecular formula is C16H27N3O4S. The average Bonchev–Trinajstić information content (AvgIpc) is 2.86. The molecule has 2 rings (SSSR count). The van der Waals surface area contributed by atoms with Crippen molar-refractivity contribution in [2.45, 2.75) is 51.9 Å². The van der Waals surface area contributed by atoms with Gasteiger partial charge in [-0.1, -0.05) is 19.0 Å². The van der Waals surface area contributed by atoms with Crippen LogP contribution in [0.25, 0.3) is 0 Å². The zero-order chi connectivity index (χ0) is 17.9.